The Morgan fingerprint density at radius 1 is 1.10 bits per heavy atom. The first-order chi connectivity index (χ1) is 23.6. The van der Waals surface area contributed by atoms with Gasteiger partial charge in [-0.25, -0.2) is 18.6 Å². The highest BCUT2D eigenvalue weighted by Gasteiger charge is 2.44. The molecule has 49 heavy (non-hydrogen) atoms. The van der Waals surface area contributed by atoms with Crippen molar-refractivity contribution in [2.45, 2.75) is 37.1 Å². The monoisotopic (exact) mass is 706 g/mol. The predicted molar refractivity (Wildman–Crippen MR) is 179 cm³/mol. The van der Waals surface area contributed by atoms with Gasteiger partial charge in [-0.05, 0) is 38.1 Å². The topological polar surface area (TPSA) is 152 Å². The summed E-state index contributed by atoms with van der Waals surface area (Å²) >= 11 is 7.81. The molecule has 2 unspecified atom stereocenters. The molecule has 2 N–H and O–H groups in total. The number of hydrogen-bond donors (Lipinski definition) is 1. The molecule has 6 heterocycles. The second kappa shape index (κ2) is 12.0. The van der Waals surface area contributed by atoms with Crippen LogP contribution in [0, 0.1) is 23.0 Å². The van der Waals surface area contributed by atoms with Gasteiger partial charge in [-0.1, -0.05) is 22.9 Å². The number of amides is 1. The first kappa shape index (κ1) is 31.6. The van der Waals surface area contributed by atoms with Crippen LogP contribution in [0.3, 0.4) is 0 Å². The molecule has 0 spiro atoms. The van der Waals surface area contributed by atoms with Gasteiger partial charge < -0.3 is 25.0 Å². The van der Waals surface area contributed by atoms with Crippen LogP contribution in [0.1, 0.15) is 18.4 Å². The molecule has 8 rings (SSSR count). The fourth-order valence-electron chi connectivity index (χ4n) is 7.29. The minimum atomic E-state index is -0.744. The van der Waals surface area contributed by atoms with Gasteiger partial charge in [0.2, 0.25) is 0 Å². The highest BCUT2D eigenvalue weighted by Crippen LogP contribution is 2.44. The Bertz CT molecular complexity index is 2180. The molecular formula is C32H29ClF2N10O3S. The van der Waals surface area contributed by atoms with E-state index in [-0.39, 0.29) is 67.2 Å². The van der Waals surface area contributed by atoms with Crippen LogP contribution in [0.25, 0.3) is 32.2 Å². The number of aromatic nitrogens is 5. The van der Waals surface area contributed by atoms with Crippen molar-refractivity contribution in [3.63, 3.8) is 0 Å². The normalized spacial score (nSPS) is 22.4. The van der Waals surface area contributed by atoms with Crippen molar-refractivity contribution in [1.29, 1.82) is 5.26 Å². The third-order valence-corrected chi connectivity index (χ3v) is 10.7. The Labute approximate surface area is 287 Å². The Balaban J connectivity index is 1.23. The van der Waals surface area contributed by atoms with Gasteiger partial charge in [-0.2, -0.15) is 25.0 Å². The summed E-state index contributed by atoms with van der Waals surface area (Å²) in [6.45, 7) is 1.97. The van der Waals surface area contributed by atoms with Gasteiger partial charge in [0.05, 0.1) is 45.3 Å². The Morgan fingerprint density at radius 2 is 1.86 bits per heavy atom. The minimum absolute atomic E-state index is 0.00174. The maximum atomic E-state index is 16.9. The third-order valence-electron chi connectivity index (χ3n) is 9.49. The molecule has 1 amide bonds. The summed E-state index contributed by atoms with van der Waals surface area (Å²) in [7, 11) is 3.56. The van der Waals surface area contributed by atoms with Gasteiger partial charge in [0.1, 0.15) is 35.4 Å². The van der Waals surface area contributed by atoms with E-state index in [9.17, 15) is 14.4 Å². The first-order valence-electron chi connectivity index (χ1n) is 15.6. The average Bonchev–Trinajstić information content (AvgIpc) is 3.86. The SMILES string of the molecule is CO[C@@H]1CN(C)C[C@H]1Oc1nc(N2CC3CCC(C2)N3C(=O)n2cc(C#N)cn2)c2cc(Cl)c(-c3ccc(F)c4sc(N)nc34)c(F)c2n1. The summed E-state index contributed by atoms with van der Waals surface area (Å²) in [5.41, 5.74) is 6.65. The smallest absolute Gasteiger partial charge is 0.345 e. The van der Waals surface area contributed by atoms with Crippen molar-refractivity contribution in [3.8, 4) is 23.2 Å². The van der Waals surface area contributed by atoms with Crippen molar-refractivity contribution < 1.29 is 23.0 Å². The number of nitrogen functional groups attached to an aromatic ring is 1. The fourth-order valence-corrected chi connectivity index (χ4v) is 8.34. The number of thiazole rings is 1. The lowest BCUT2D eigenvalue weighted by atomic mass is 10.0. The molecule has 5 aromatic rings. The highest BCUT2D eigenvalue weighted by atomic mass is 35.5. The Kier molecular flexibility index (Phi) is 7.74. The van der Waals surface area contributed by atoms with Crippen molar-refractivity contribution in [1.82, 2.24) is 34.5 Å². The number of carbonyl (C=O) groups is 1. The molecule has 3 aliphatic heterocycles. The summed E-state index contributed by atoms with van der Waals surface area (Å²) in [5, 5.41) is 13.8. The molecule has 4 atom stereocenters. The van der Waals surface area contributed by atoms with Crippen LogP contribution in [-0.4, -0.2) is 105 Å². The van der Waals surface area contributed by atoms with Crippen LogP contribution < -0.4 is 15.4 Å². The summed E-state index contributed by atoms with van der Waals surface area (Å²) < 4.78 is 45.0. The van der Waals surface area contributed by atoms with E-state index < -0.39 is 17.7 Å². The zero-order chi connectivity index (χ0) is 34.1. The number of fused-ring (bicyclic) bond motifs is 4. The van der Waals surface area contributed by atoms with Gasteiger partial charge in [0, 0.05) is 49.8 Å². The lowest BCUT2D eigenvalue weighted by Crippen LogP contribution is -2.57. The second-order valence-electron chi connectivity index (χ2n) is 12.5. The molecule has 13 nitrogen and oxygen atoms in total. The van der Waals surface area contributed by atoms with E-state index in [4.69, 9.17) is 31.8 Å². The van der Waals surface area contributed by atoms with E-state index in [1.807, 2.05) is 18.0 Å². The summed E-state index contributed by atoms with van der Waals surface area (Å²) in [6, 6.07) is 5.53. The number of ether oxygens (including phenoxy) is 2. The number of anilines is 2. The average molecular weight is 707 g/mol. The number of halogens is 3. The van der Waals surface area contributed by atoms with Crippen LogP contribution in [0.15, 0.2) is 30.6 Å². The van der Waals surface area contributed by atoms with Gasteiger partial charge in [0.15, 0.2) is 10.9 Å². The van der Waals surface area contributed by atoms with E-state index in [0.29, 0.717) is 42.9 Å². The van der Waals surface area contributed by atoms with Crippen LogP contribution in [0.4, 0.5) is 24.5 Å². The number of carbonyl (C=O) groups excluding carboxylic acids is 1. The van der Waals surface area contributed by atoms with Crippen LogP contribution >= 0.6 is 22.9 Å². The number of methoxy groups -OCH3 is 1. The molecule has 3 saturated heterocycles. The van der Waals surface area contributed by atoms with Gasteiger partial charge in [0.25, 0.3) is 0 Å². The lowest BCUT2D eigenvalue weighted by molar-refractivity contribution is 0.0300. The molecule has 0 aliphatic carbocycles. The third kappa shape index (κ3) is 5.28. The quantitative estimate of drug-likeness (QED) is 0.275. The number of hydrogen-bond acceptors (Lipinski definition) is 12. The number of likely N-dealkylation sites (N-methyl/N-ethyl adjacent to an activating group) is 1. The number of benzene rings is 2. The minimum Gasteiger partial charge on any atom is -0.456 e. The number of nitrogens with two attached hydrogens (primary N) is 1. The molecule has 0 saturated carbocycles. The molecule has 2 aromatic carbocycles. The molecule has 3 aliphatic rings. The predicted octanol–water partition coefficient (Wildman–Crippen LogP) is 4.52. The maximum absolute atomic E-state index is 16.9. The second-order valence-corrected chi connectivity index (χ2v) is 14.0. The number of likely N-dealkylation sites (tertiary alicyclic amines) is 1. The molecule has 2 bridgehead atoms. The zero-order valence-corrected chi connectivity index (χ0v) is 27.9. The van der Waals surface area contributed by atoms with Gasteiger partial charge in [-0.15, -0.1) is 0 Å². The summed E-state index contributed by atoms with van der Waals surface area (Å²) in [6.07, 6.45) is 3.59. The van der Waals surface area contributed by atoms with Crippen LogP contribution in [-0.2, 0) is 4.74 Å². The van der Waals surface area contributed by atoms with Crippen molar-refractivity contribution in [3.05, 3.63) is 52.8 Å². The Hall–Kier alpha value is -4.69. The largest absolute Gasteiger partial charge is 0.456 e. The molecule has 3 aromatic heterocycles. The standard InChI is InChI=1S/C32H29ClF2N10O3S/c1-42-13-22(47-2)23(14-42)48-31-40-26-19(7-20(33)24(25(26)35)18-5-6-21(34)28-27(18)39-30(37)49-28)29(41-31)43-11-16-3-4-17(12-43)45(16)32(46)44-10-15(8-36)9-38-44/h5-7,9-10,16-17,22-23H,3-4,11-14H2,1-2H3,(H2,37,39)/t16?,17?,22-,23-/m1/s1. The number of nitrogens with zero attached hydrogens (tertiary/aromatic N) is 9. The first-order valence-corrected chi connectivity index (χ1v) is 16.8. The zero-order valence-electron chi connectivity index (χ0n) is 26.3. The van der Waals surface area contributed by atoms with Crippen LogP contribution in [0.5, 0.6) is 6.01 Å². The number of nitriles is 1. The van der Waals surface area contributed by atoms with Gasteiger partial charge >= 0.3 is 12.0 Å². The van der Waals surface area contributed by atoms with Crippen molar-refractivity contribution in [2.75, 3.05) is 51.0 Å². The highest BCUT2D eigenvalue weighted by molar-refractivity contribution is 7.22. The van der Waals surface area contributed by atoms with Crippen molar-refractivity contribution >= 4 is 61.0 Å². The fraction of sp³-hybridized carbons (Fsp3) is 0.375. The van der Waals surface area contributed by atoms with Gasteiger partial charge in [-0.3, -0.25) is 4.90 Å². The van der Waals surface area contributed by atoms with E-state index in [2.05, 4.69) is 20.0 Å². The number of rotatable bonds is 5. The van der Waals surface area contributed by atoms with E-state index in [1.54, 1.807) is 18.1 Å². The number of piperazine rings is 1. The molecule has 0 radical (unpaired) electrons. The Morgan fingerprint density at radius 3 is 2.57 bits per heavy atom. The maximum Gasteiger partial charge on any atom is 0.345 e. The summed E-state index contributed by atoms with van der Waals surface area (Å²) in [4.78, 5) is 33.0. The lowest BCUT2D eigenvalue weighted by Gasteiger charge is -2.41. The molecule has 17 heteroatoms. The van der Waals surface area contributed by atoms with E-state index in [1.165, 1.54) is 29.2 Å². The summed E-state index contributed by atoms with van der Waals surface area (Å²) in [5.74, 6) is -0.860. The van der Waals surface area contributed by atoms with E-state index >= 15 is 4.39 Å². The molecular weight excluding hydrogens is 678 g/mol. The van der Waals surface area contributed by atoms with E-state index in [0.717, 1.165) is 24.2 Å². The molecule has 252 valence electrons. The van der Waals surface area contributed by atoms with Crippen molar-refractivity contribution in [2.24, 2.45) is 0 Å². The molecule has 3 fully saturated rings. The van der Waals surface area contributed by atoms with Crippen LogP contribution in [0.2, 0.25) is 5.02 Å².